The van der Waals surface area contributed by atoms with E-state index < -0.39 is 12.2 Å². The van der Waals surface area contributed by atoms with Crippen LogP contribution in [-0.2, 0) is 19.3 Å². The molecule has 0 spiro atoms. The number of methoxy groups -OCH3 is 1. The minimum absolute atomic E-state index is 0.0389. The maximum Gasteiger partial charge on any atom is 0.434 e. The zero-order chi connectivity index (χ0) is 35.7. The number of pyridine rings is 2. The molecule has 2 aliphatic heterocycles. The van der Waals surface area contributed by atoms with E-state index in [1.54, 1.807) is 25.3 Å². The van der Waals surface area contributed by atoms with Crippen molar-refractivity contribution in [3.63, 3.8) is 0 Å². The highest BCUT2D eigenvalue weighted by Gasteiger charge is 2.45. The minimum atomic E-state index is -2.82. The van der Waals surface area contributed by atoms with Crippen molar-refractivity contribution >= 4 is 33.1 Å². The Labute approximate surface area is 298 Å². The number of nitrogens with one attached hydrogen (secondary N) is 2. The number of fused-ring (bicyclic) bond motifs is 5. The first-order chi connectivity index (χ1) is 25.3. The second-order valence-electron chi connectivity index (χ2n) is 13.3. The maximum atomic E-state index is 14.4. The topological polar surface area (TPSA) is 126 Å². The van der Waals surface area contributed by atoms with Gasteiger partial charge in [0.05, 0.1) is 46.4 Å². The molecule has 9 rings (SSSR count). The van der Waals surface area contributed by atoms with E-state index in [0.717, 1.165) is 48.1 Å². The lowest BCUT2D eigenvalue weighted by Crippen LogP contribution is -2.22. The van der Waals surface area contributed by atoms with E-state index in [2.05, 4.69) is 20.5 Å². The van der Waals surface area contributed by atoms with Gasteiger partial charge in [0, 0.05) is 17.0 Å². The number of H-pyrrole nitrogens is 1. The quantitative estimate of drug-likeness (QED) is 0.154. The molecular formula is C38H31F3N6O4S. The van der Waals surface area contributed by atoms with E-state index in [1.165, 1.54) is 29.5 Å². The van der Waals surface area contributed by atoms with Crippen molar-refractivity contribution < 1.29 is 27.1 Å². The average Bonchev–Trinajstić information content (AvgIpc) is 3.98. The molecular weight excluding hydrogens is 694 g/mol. The van der Waals surface area contributed by atoms with Crippen LogP contribution >= 0.6 is 11.3 Å². The Bertz CT molecular complexity index is 2440. The van der Waals surface area contributed by atoms with Crippen LogP contribution in [0.25, 0.3) is 32.0 Å². The van der Waals surface area contributed by atoms with Crippen LogP contribution in [0.1, 0.15) is 81.9 Å². The lowest BCUT2D eigenvalue weighted by molar-refractivity contribution is 0.0776. The number of anilines is 1. The molecule has 1 aliphatic carbocycles. The third-order valence-corrected chi connectivity index (χ3v) is 11.5. The van der Waals surface area contributed by atoms with Gasteiger partial charge in [-0.2, -0.15) is 0 Å². The summed E-state index contributed by atoms with van der Waals surface area (Å²) >= 11 is 1.31. The third-order valence-electron chi connectivity index (χ3n) is 10.3. The molecule has 1 amide bonds. The molecule has 6 aromatic rings. The Morgan fingerprint density at radius 2 is 1.90 bits per heavy atom. The van der Waals surface area contributed by atoms with Gasteiger partial charge >= 0.3 is 5.76 Å². The van der Waals surface area contributed by atoms with Crippen molar-refractivity contribution in [2.24, 2.45) is 0 Å². The second-order valence-corrected chi connectivity index (χ2v) is 14.3. The molecule has 2 N–H and O–H groups in total. The summed E-state index contributed by atoms with van der Waals surface area (Å²) < 4.78 is 54.2. The van der Waals surface area contributed by atoms with Gasteiger partial charge in [0.25, 0.3) is 18.2 Å². The zero-order valence-electron chi connectivity index (χ0n) is 27.8. The molecule has 1 saturated heterocycles. The molecule has 1 unspecified atom stereocenters. The van der Waals surface area contributed by atoms with Crippen molar-refractivity contribution in [1.29, 1.82) is 0 Å². The summed E-state index contributed by atoms with van der Waals surface area (Å²) in [5.41, 5.74) is 5.00. The Morgan fingerprint density at radius 3 is 2.67 bits per heavy atom. The fourth-order valence-corrected chi connectivity index (χ4v) is 9.14. The van der Waals surface area contributed by atoms with Crippen LogP contribution in [0.3, 0.4) is 0 Å². The molecule has 52 heavy (non-hydrogen) atoms. The number of carbonyl (C=O) groups is 1. The van der Waals surface area contributed by atoms with Gasteiger partial charge in [0.2, 0.25) is 0 Å². The molecule has 0 bridgehead atoms. The maximum absolute atomic E-state index is 14.4. The number of thiophene rings is 1. The van der Waals surface area contributed by atoms with E-state index >= 15 is 0 Å². The minimum Gasteiger partial charge on any atom is -0.496 e. The van der Waals surface area contributed by atoms with E-state index in [1.807, 2.05) is 23.1 Å². The summed E-state index contributed by atoms with van der Waals surface area (Å²) in [5.74, 6) is -0.262. The summed E-state index contributed by atoms with van der Waals surface area (Å²) in [7, 11) is 1.63. The van der Waals surface area contributed by atoms with Gasteiger partial charge in [-0.25, -0.2) is 28.0 Å². The number of benzene rings is 2. The number of amides is 1. The van der Waals surface area contributed by atoms with Gasteiger partial charge in [-0.1, -0.05) is 24.3 Å². The van der Waals surface area contributed by atoms with Crippen LogP contribution in [0.15, 0.2) is 63.8 Å². The van der Waals surface area contributed by atoms with E-state index in [4.69, 9.17) is 14.1 Å². The fraction of sp³-hybridized carbons (Fsp3) is 0.289. The molecule has 4 aromatic heterocycles. The first-order valence-corrected chi connectivity index (χ1v) is 17.9. The fourth-order valence-electron chi connectivity index (χ4n) is 7.99. The van der Waals surface area contributed by atoms with Crippen molar-refractivity contribution in [1.82, 2.24) is 25.1 Å². The monoisotopic (exact) mass is 724 g/mol. The van der Waals surface area contributed by atoms with Crippen molar-refractivity contribution in [3.8, 4) is 27.6 Å². The lowest BCUT2D eigenvalue weighted by Gasteiger charge is -2.17. The third kappa shape index (κ3) is 5.35. The Kier molecular flexibility index (Phi) is 7.86. The molecule has 3 aliphatic rings. The molecule has 10 nitrogen and oxygen atoms in total. The molecule has 0 radical (unpaired) electrons. The number of aromatic nitrogens is 4. The molecule has 2 atom stereocenters. The molecule has 1 fully saturated rings. The average molecular weight is 725 g/mol. The van der Waals surface area contributed by atoms with Crippen LogP contribution in [0.4, 0.5) is 19.0 Å². The largest absolute Gasteiger partial charge is 0.496 e. The number of rotatable bonds is 9. The van der Waals surface area contributed by atoms with Crippen molar-refractivity contribution in [2.75, 3.05) is 19.0 Å². The number of hydrogen-bond donors (Lipinski definition) is 2. The number of carbonyl (C=O) groups excluding carboxylic acids is 1. The number of aryl methyl sites for hydroxylation is 2. The summed E-state index contributed by atoms with van der Waals surface area (Å²) in [6, 6.07) is 14.8. The molecule has 2 aromatic carbocycles. The Hall–Kier alpha value is -5.50. The van der Waals surface area contributed by atoms with Crippen molar-refractivity contribution in [3.05, 3.63) is 110 Å². The van der Waals surface area contributed by atoms with Crippen molar-refractivity contribution in [2.45, 2.75) is 57.0 Å². The van der Waals surface area contributed by atoms with Gasteiger partial charge < -0.3 is 19.4 Å². The van der Waals surface area contributed by atoms with E-state index in [9.17, 15) is 22.8 Å². The van der Waals surface area contributed by atoms with E-state index in [0.29, 0.717) is 68.2 Å². The SMILES string of the molecule is COc1cccc2c1CC[C@H]2Nc1nc(C(F)F)cc2cc(-c3c4c(nc(CCc5ccc(F)cc5)c3-c3n[nH]c(=O)o3)C3CCCN3C4=O)sc12. The Balaban J connectivity index is 1.24. The number of hydrogen-bond acceptors (Lipinski definition) is 9. The van der Waals surface area contributed by atoms with Gasteiger partial charge in [0.15, 0.2) is 0 Å². The second kappa shape index (κ2) is 12.6. The molecule has 6 heterocycles. The van der Waals surface area contributed by atoms with Gasteiger partial charge in [-0.15, -0.1) is 16.4 Å². The highest BCUT2D eigenvalue weighted by molar-refractivity contribution is 7.23. The highest BCUT2D eigenvalue weighted by Crippen LogP contribution is 2.51. The number of aromatic amines is 1. The van der Waals surface area contributed by atoms with Gasteiger partial charge in [-0.05, 0) is 90.9 Å². The summed E-state index contributed by atoms with van der Waals surface area (Å²) in [6.45, 7) is 0.576. The van der Waals surface area contributed by atoms with Gasteiger partial charge in [0.1, 0.15) is 23.1 Å². The first-order valence-electron chi connectivity index (χ1n) is 17.1. The van der Waals surface area contributed by atoms with Gasteiger partial charge in [-0.3, -0.25) is 9.78 Å². The normalized spacial score (nSPS) is 17.6. The Morgan fingerprint density at radius 1 is 1.06 bits per heavy atom. The predicted molar refractivity (Wildman–Crippen MR) is 188 cm³/mol. The first kappa shape index (κ1) is 32.4. The summed E-state index contributed by atoms with van der Waals surface area (Å²) in [6.07, 6.45) is 1.07. The summed E-state index contributed by atoms with van der Waals surface area (Å²) in [5, 5.41) is 10.5. The van der Waals surface area contributed by atoms with Crippen LogP contribution in [-0.4, -0.2) is 44.6 Å². The molecule has 264 valence electrons. The predicted octanol–water partition coefficient (Wildman–Crippen LogP) is 7.96. The molecule has 0 saturated carbocycles. The highest BCUT2D eigenvalue weighted by atomic mass is 32.1. The van der Waals surface area contributed by atoms with Crippen LogP contribution < -0.4 is 15.8 Å². The lowest BCUT2D eigenvalue weighted by atomic mass is 9.93. The van der Waals surface area contributed by atoms with Crippen LogP contribution in [0.5, 0.6) is 5.75 Å². The van der Waals surface area contributed by atoms with Crippen LogP contribution in [0.2, 0.25) is 0 Å². The zero-order valence-corrected chi connectivity index (χ0v) is 28.7. The van der Waals surface area contributed by atoms with Crippen LogP contribution in [0, 0.1) is 5.82 Å². The van der Waals surface area contributed by atoms with E-state index in [-0.39, 0.29) is 35.4 Å². The standard InChI is InChI=1S/C38H31F3N6O4S/c1-50-27-6-2-4-21-22(27)12-14-23(21)43-35-33-19(16-25(44-35)34(40)41)17-28(52-33)30-29(36-45-46-38(49)51-36)24(13-9-18-7-10-20(39)11-8-18)42-32-26-5-3-15-47(26)37(48)31(30)32/h2,4,6-8,10-11,16-17,23,26,34H,3,5,9,12-15H2,1H3,(H,43,44)(H,46,49)/t23-,26?/m1/s1. The number of halogens is 3. The number of nitrogens with zero attached hydrogens (tertiary/aromatic N) is 4. The summed E-state index contributed by atoms with van der Waals surface area (Å²) in [4.78, 5) is 38.5. The smallest absolute Gasteiger partial charge is 0.434 e. The molecule has 14 heteroatoms. The number of ether oxygens (including phenoxy) is 1. The number of alkyl halides is 2.